The molecular weight excluding hydrogens is 477 g/mol. The van der Waals surface area contributed by atoms with Crippen molar-refractivity contribution < 1.29 is 9.18 Å². The molecule has 0 saturated carbocycles. The highest BCUT2D eigenvalue weighted by atomic mass is 32.1. The number of fused-ring (bicyclic) bond motifs is 2. The lowest BCUT2D eigenvalue weighted by Crippen LogP contribution is -2.29. The Bertz CT molecular complexity index is 1480. The fourth-order valence-corrected chi connectivity index (χ4v) is 6.90. The van der Waals surface area contributed by atoms with Crippen LogP contribution in [0.2, 0.25) is 0 Å². The minimum atomic E-state index is -0.359. The molecule has 4 nitrogen and oxygen atoms in total. The number of thiophene rings is 1. The third-order valence-corrected chi connectivity index (χ3v) is 8.41. The van der Waals surface area contributed by atoms with Gasteiger partial charge in [-0.05, 0) is 53.9 Å². The summed E-state index contributed by atoms with van der Waals surface area (Å²) in [7, 11) is 0. The van der Waals surface area contributed by atoms with E-state index in [-0.39, 0.29) is 11.7 Å². The first kappa shape index (κ1) is 22.1. The molecule has 0 unspecified atom stereocenters. The monoisotopic (exact) mass is 499 g/mol. The number of hydrogen-bond acceptors (Lipinski definition) is 5. The van der Waals surface area contributed by atoms with Crippen LogP contribution >= 0.6 is 22.7 Å². The average Bonchev–Trinajstić information content (AvgIpc) is 3.45. The van der Waals surface area contributed by atoms with Crippen LogP contribution in [0.15, 0.2) is 78.9 Å². The van der Waals surface area contributed by atoms with Crippen molar-refractivity contribution in [3.8, 4) is 10.6 Å². The SMILES string of the molecule is O=C(Nc1sc2c(c1-c1nc3ccccc3s1)CCN(Cc1ccccc1)C2)c1ccc(F)cc1. The Morgan fingerprint density at radius 1 is 0.971 bits per heavy atom. The standard InChI is InChI=1S/C28H22FN3OS2/c29-20-12-10-19(11-13-20)26(33)31-28-25(27-30-22-8-4-5-9-23(22)34-27)21-14-15-32(17-24(21)35-28)16-18-6-2-1-3-7-18/h1-13H,14-17H2,(H,31,33). The van der Waals surface area contributed by atoms with Gasteiger partial charge in [0.15, 0.2) is 0 Å². The lowest BCUT2D eigenvalue weighted by molar-refractivity contribution is 0.102. The van der Waals surface area contributed by atoms with Crippen LogP contribution in [0, 0.1) is 5.82 Å². The number of para-hydroxylation sites is 1. The third-order valence-electron chi connectivity index (χ3n) is 6.23. The number of carbonyl (C=O) groups is 1. The molecule has 2 aromatic heterocycles. The van der Waals surface area contributed by atoms with Crippen molar-refractivity contribution in [1.82, 2.24) is 9.88 Å². The van der Waals surface area contributed by atoms with E-state index in [4.69, 9.17) is 4.98 Å². The smallest absolute Gasteiger partial charge is 0.256 e. The maximum Gasteiger partial charge on any atom is 0.256 e. The van der Waals surface area contributed by atoms with Crippen LogP contribution < -0.4 is 5.32 Å². The van der Waals surface area contributed by atoms with Crippen molar-refractivity contribution >= 4 is 43.8 Å². The minimum Gasteiger partial charge on any atom is -0.313 e. The number of hydrogen-bond donors (Lipinski definition) is 1. The van der Waals surface area contributed by atoms with E-state index < -0.39 is 0 Å². The summed E-state index contributed by atoms with van der Waals surface area (Å²) in [6, 6.07) is 24.3. The molecule has 0 radical (unpaired) electrons. The van der Waals surface area contributed by atoms with Crippen molar-refractivity contribution in [2.45, 2.75) is 19.5 Å². The summed E-state index contributed by atoms with van der Waals surface area (Å²) in [6.07, 6.45) is 0.899. The fourth-order valence-electron chi connectivity index (χ4n) is 4.50. The van der Waals surface area contributed by atoms with E-state index in [9.17, 15) is 9.18 Å². The van der Waals surface area contributed by atoms with Gasteiger partial charge >= 0.3 is 0 Å². The minimum absolute atomic E-state index is 0.243. The second kappa shape index (κ2) is 9.34. The number of carbonyl (C=O) groups excluding carboxylic acids is 1. The van der Waals surface area contributed by atoms with Gasteiger partial charge in [-0.3, -0.25) is 9.69 Å². The number of nitrogens with zero attached hydrogens (tertiary/aromatic N) is 2. The van der Waals surface area contributed by atoms with Crippen LogP contribution in [0.4, 0.5) is 9.39 Å². The summed E-state index contributed by atoms with van der Waals surface area (Å²) < 4.78 is 14.5. The summed E-state index contributed by atoms with van der Waals surface area (Å²) in [5.41, 5.74) is 4.99. The molecule has 0 spiro atoms. The summed E-state index contributed by atoms with van der Waals surface area (Å²) >= 11 is 3.28. The maximum atomic E-state index is 13.4. The average molecular weight is 500 g/mol. The molecule has 0 aliphatic carbocycles. The van der Waals surface area contributed by atoms with Gasteiger partial charge < -0.3 is 5.32 Å². The van der Waals surface area contributed by atoms with Crippen molar-refractivity contribution in [2.75, 3.05) is 11.9 Å². The lowest BCUT2D eigenvalue weighted by atomic mass is 10.0. The predicted molar refractivity (Wildman–Crippen MR) is 142 cm³/mol. The Hall–Kier alpha value is -3.39. The molecule has 174 valence electrons. The zero-order valence-electron chi connectivity index (χ0n) is 18.8. The molecule has 3 heterocycles. The highest BCUT2D eigenvalue weighted by Gasteiger charge is 2.28. The second-order valence-electron chi connectivity index (χ2n) is 8.60. The van der Waals surface area contributed by atoms with Crippen molar-refractivity contribution in [3.63, 3.8) is 0 Å². The highest BCUT2D eigenvalue weighted by Crippen LogP contribution is 2.46. The van der Waals surface area contributed by atoms with E-state index in [0.29, 0.717) is 5.56 Å². The van der Waals surface area contributed by atoms with Gasteiger partial charge in [-0.1, -0.05) is 42.5 Å². The van der Waals surface area contributed by atoms with E-state index in [1.807, 2.05) is 24.3 Å². The number of halogens is 1. The first-order valence-electron chi connectivity index (χ1n) is 11.5. The number of benzene rings is 3. The topological polar surface area (TPSA) is 45.2 Å². The molecule has 0 atom stereocenters. The van der Waals surface area contributed by atoms with Crippen LogP contribution in [0.5, 0.6) is 0 Å². The number of thiazole rings is 1. The largest absolute Gasteiger partial charge is 0.313 e. The van der Waals surface area contributed by atoms with Gasteiger partial charge in [0.1, 0.15) is 15.8 Å². The van der Waals surface area contributed by atoms with E-state index in [1.165, 1.54) is 40.3 Å². The molecule has 1 N–H and O–H groups in total. The zero-order valence-corrected chi connectivity index (χ0v) is 20.5. The lowest BCUT2D eigenvalue weighted by Gasteiger charge is -2.27. The molecule has 6 rings (SSSR count). The number of anilines is 1. The van der Waals surface area contributed by atoms with Gasteiger partial charge in [0.2, 0.25) is 0 Å². The highest BCUT2D eigenvalue weighted by molar-refractivity contribution is 7.23. The molecule has 1 amide bonds. The first-order valence-corrected chi connectivity index (χ1v) is 13.1. The van der Waals surface area contributed by atoms with Crippen LogP contribution in [-0.4, -0.2) is 22.3 Å². The van der Waals surface area contributed by atoms with E-state index in [0.717, 1.165) is 51.8 Å². The Labute approximate surface area is 210 Å². The van der Waals surface area contributed by atoms with Gasteiger partial charge in [0.05, 0.1) is 10.2 Å². The van der Waals surface area contributed by atoms with Gasteiger partial charge in [0, 0.05) is 35.6 Å². The Kier molecular flexibility index (Phi) is 5.90. The molecule has 0 saturated heterocycles. The molecular formula is C28H22FN3OS2. The molecule has 5 aromatic rings. The maximum absolute atomic E-state index is 13.4. The summed E-state index contributed by atoms with van der Waals surface area (Å²) in [5, 5.41) is 4.85. The number of nitrogens with one attached hydrogen (secondary N) is 1. The summed E-state index contributed by atoms with van der Waals surface area (Å²) in [4.78, 5) is 21.7. The van der Waals surface area contributed by atoms with Crippen LogP contribution in [-0.2, 0) is 19.5 Å². The molecule has 1 aliphatic heterocycles. The molecule has 0 bridgehead atoms. The Morgan fingerprint density at radius 2 is 1.74 bits per heavy atom. The number of amides is 1. The van der Waals surface area contributed by atoms with E-state index >= 15 is 0 Å². The van der Waals surface area contributed by atoms with Crippen molar-refractivity contribution in [1.29, 1.82) is 0 Å². The van der Waals surface area contributed by atoms with E-state index in [1.54, 1.807) is 22.7 Å². The van der Waals surface area contributed by atoms with Crippen LogP contribution in [0.1, 0.15) is 26.4 Å². The quantitative estimate of drug-likeness (QED) is 0.284. The molecule has 7 heteroatoms. The summed E-state index contributed by atoms with van der Waals surface area (Å²) in [5.74, 6) is -0.603. The van der Waals surface area contributed by atoms with Gasteiger partial charge in [0.25, 0.3) is 5.91 Å². The fraction of sp³-hybridized carbons (Fsp3) is 0.143. The van der Waals surface area contributed by atoms with Gasteiger partial charge in [-0.15, -0.1) is 22.7 Å². The Morgan fingerprint density at radius 3 is 2.54 bits per heavy atom. The molecule has 3 aromatic carbocycles. The molecule has 1 aliphatic rings. The second-order valence-corrected chi connectivity index (χ2v) is 10.7. The van der Waals surface area contributed by atoms with Crippen LogP contribution in [0.25, 0.3) is 20.8 Å². The first-order chi connectivity index (χ1) is 17.1. The Balaban J connectivity index is 1.36. The summed E-state index contributed by atoms with van der Waals surface area (Å²) in [6.45, 7) is 2.67. The van der Waals surface area contributed by atoms with Gasteiger partial charge in [-0.2, -0.15) is 0 Å². The number of aromatic nitrogens is 1. The molecule has 35 heavy (non-hydrogen) atoms. The molecule has 0 fully saturated rings. The third kappa shape index (κ3) is 4.50. The normalized spacial score (nSPS) is 13.6. The zero-order chi connectivity index (χ0) is 23.8. The number of rotatable bonds is 5. The van der Waals surface area contributed by atoms with Crippen LogP contribution in [0.3, 0.4) is 0 Å². The van der Waals surface area contributed by atoms with Crippen molar-refractivity contribution in [2.24, 2.45) is 0 Å². The predicted octanol–water partition coefficient (Wildman–Crippen LogP) is 6.97. The van der Waals surface area contributed by atoms with Gasteiger partial charge in [-0.25, -0.2) is 9.37 Å². The van der Waals surface area contributed by atoms with Crippen molar-refractivity contribution in [3.05, 3.63) is 106 Å². The van der Waals surface area contributed by atoms with E-state index in [2.05, 4.69) is 40.5 Å².